The van der Waals surface area contributed by atoms with Crippen molar-refractivity contribution in [2.75, 3.05) is 0 Å². The second kappa shape index (κ2) is 11.1. The molecule has 0 aliphatic carbocycles. The van der Waals surface area contributed by atoms with Gasteiger partial charge in [-0.15, -0.1) is 5.34 Å². The van der Waals surface area contributed by atoms with Crippen LogP contribution in [-0.4, -0.2) is 0 Å². The lowest BCUT2D eigenvalue weighted by atomic mass is 13.4. The summed E-state index contributed by atoms with van der Waals surface area (Å²) in [6, 6.07) is 0. The Bertz CT molecular complexity index is 13.5. The molecule has 0 aromatic heterocycles. The number of hydrogen-bond acceptors (Lipinski definition) is 3. The topological polar surface area (TPSA) is 52.5 Å². The van der Waals surface area contributed by atoms with Gasteiger partial charge in [-0.05, 0) is 0 Å². The number of rotatable bonds is 0. The minimum atomic E-state index is 0. The molecule has 4 heavy (non-hydrogen) atoms. The molecule has 0 aliphatic heterocycles. The lowest BCUT2D eigenvalue weighted by Gasteiger charge is -1.51. The Morgan fingerprint density at radius 1 is 1.75 bits per heavy atom. The third-order valence-electron chi connectivity index (χ3n) is 0. The zero-order chi connectivity index (χ0) is 2.71. The van der Waals surface area contributed by atoms with Crippen LogP contribution >= 0.6 is 24.0 Å². The van der Waals surface area contributed by atoms with Gasteiger partial charge in [0.1, 0.15) is 0 Å². The van der Waals surface area contributed by atoms with Gasteiger partial charge in [-0.3, -0.25) is 0 Å². The van der Waals surface area contributed by atoms with Crippen molar-refractivity contribution in [2.45, 2.75) is 0 Å². The van der Waals surface area contributed by atoms with Gasteiger partial charge in [0, 0.05) is 24.0 Å². The Kier molecular flexibility index (Phi) is 24.8. The van der Waals surface area contributed by atoms with Crippen LogP contribution in [0.15, 0.2) is 5.34 Å². The highest BCUT2D eigenvalue weighted by molar-refractivity contribution is 14.0. The van der Waals surface area contributed by atoms with E-state index >= 15 is 0 Å². The van der Waals surface area contributed by atoms with Crippen LogP contribution in [0.3, 0.4) is 0 Å². The summed E-state index contributed by atoms with van der Waals surface area (Å²) in [5, 5.41) is 9.00. The van der Waals surface area contributed by atoms with Crippen molar-refractivity contribution in [1.82, 2.24) is 0 Å². The van der Waals surface area contributed by atoms with Crippen molar-refractivity contribution in [2.24, 2.45) is 5.34 Å². The molecule has 0 amide bonds. The molecule has 0 saturated carbocycles. The first-order valence-corrected chi connectivity index (χ1v) is 0.365. The smallest absolute Gasteiger partial charge is 0 e. The molecule has 0 heterocycles. The van der Waals surface area contributed by atoms with Crippen LogP contribution in [0.5, 0.6) is 0 Å². The van der Waals surface area contributed by atoms with E-state index < -0.39 is 0 Å². The standard InChI is InChI=1S/I.HNO2/c;2-1-3/h;(H,2,3)/p-1. The molecule has 0 N–H and O–H groups in total. The van der Waals surface area contributed by atoms with E-state index in [9.17, 15) is 0 Å². The Morgan fingerprint density at radius 2 is 1.75 bits per heavy atom. The van der Waals surface area contributed by atoms with E-state index in [1.54, 1.807) is 0 Å². The van der Waals surface area contributed by atoms with E-state index in [1.807, 2.05) is 0 Å². The predicted octanol–water partition coefficient (Wildman–Crippen LogP) is 1.14. The maximum Gasteiger partial charge on any atom is 0 e. The average molecular weight is 173 g/mol. The number of halogens is 1. The summed E-state index contributed by atoms with van der Waals surface area (Å²) in [6.45, 7) is 0. The molecule has 0 atom stereocenters. The molecule has 4 heteroatoms. The van der Waals surface area contributed by atoms with Crippen molar-refractivity contribution in [1.29, 1.82) is 0 Å². The summed E-state index contributed by atoms with van der Waals surface area (Å²) >= 11 is 0. The highest BCUT2D eigenvalue weighted by atomic mass is 127. The highest BCUT2D eigenvalue weighted by Gasteiger charge is 0.958. The van der Waals surface area contributed by atoms with Gasteiger partial charge in [0.15, 0.2) is 0 Å². The van der Waals surface area contributed by atoms with Gasteiger partial charge < -0.3 is 10.1 Å². The molecular formula is INO2-. The molecule has 1 radical (unpaired) electrons. The molecule has 0 fully saturated rings. The molecule has 0 rings (SSSR count). The summed E-state index contributed by atoms with van der Waals surface area (Å²) < 4.78 is 0. The fraction of sp³-hybridized carbons (Fsp3) is 0. The van der Waals surface area contributed by atoms with Crippen molar-refractivity contribution in [3.63, 3.8) is 0 Å². The van der Waals surface area contributed by atoms with Gasteiger partial charge in [-0.25, -0.2) is 0 Å². The third kappa shape index (κ3) is 161. The fourth-order valence-electron chi connectivity index (χ4n) is 0. The fourth-order valence-corrected chi connectivity index (χ4v) is 0. The second-order valence-electron chi connectivity index (χ2n) is 0.0745. The maximum atomic E-state index is 8.00. The minimum absolute atomic E-state index is 0. The van der Waals surface area contributed by atoms with E-state index in [4.69, 9.17) is 10.1 Å². The average Bonchev–Trinajstić information content (AvgIpc) is 0.918. The van der Waals surface area contributed by atoms with Crippen LogP contribution in [0.25, 0.3) is 0 Å². The van der Waals surface area contributed by atoms with Crippen LogP contribution < -0.4 is 0 Å². The first kappa shape index (κ1) is 8.92. The lowest BCUT2D eigenvalue weighted by Crippen LogP contribution is -1.12. The lowest BCUT2D eigenvalue weighted by molar-refractivity contribution is 1.59. The van der Waals surface area contributed by atoms with Gasteiger partial charge in [-0.1, -0.05) is 0 Å². The van der Waals surface area contributed by atoms with E-state index in [2.05, 4.69) is 0 Å². The molecular weight excluding hydrogens is 173 g/mol. The molecule has 3 nitrogen and oxygen atoms in total. The van der Waals surface area contributed by atoms with Gasteiger partial charge >= 0.3 is 0 Å². The first-order valence-electron chi connectivity index (χ1n) is 0.365. The first-order chi connectivity index (χ1) is 1.41. The van der Waals surface area contributed by atoms with E-state index in [0.29, 0.717) is 0 Å². The van der Waals surface area contributed by atoms with E-state index in [0.717, 1.165) is 5.34 Å². The minimum Gasteiger partial charge on any atom is -0.444 e. The molecule has 0 unspecified atom stereocenters. The largest absolute Gasteiger partial charge is 0.444 e. The summed E-state index contributed by atoms with van der Waals surface area (Å²) in [4.78, 5) is 8.00. The zero-order valence-corrected chi connectivity index (χ0v) is 3.80. The van der Waals surface area contributed by atoms with Crippen LogP contribution in [0, 0.1) is 10.1 Å². The second-order valence-corrected chi connectivity index (χ2v) is 0.0745. The normalized spacial score (nSPS) is 3.00. The van der Waals surface area contributed by atoms with Gasteiger partial charge in [0.25, 0.3) is 0 Å². The van der Waals surface area contributed by atoms with Crippen LogP contribution in [0.4, 0.5) is 0 Å². The van der Waals surface area contributed by atoms with Crippen molar-refractivity contribution < 1.29 is 0 Å². The molecule has 0 spiro atoms. The van der Waals surface area contributed by atoms with Crippen molar-refractivity contribution in [3.8, 4) is 0 Å². The van der Waals surface area contributed by atoms with Gasteiger partial charge in [-0.2, -0.15) is 0 Å². The molecule has 25 valence electrons. The number of nitrogens with zero attached hydrogens (tertiary/aromatic N) is 1. The third-order valence-corrected chi connectivity index (χ3v) is 0. The van der Waals surface area contributed by atoms with Crippen LogP contribution in [0.2, 0.25) is 0 Å². The highest BCUT2D eigenvalue weighted by Crippen LogP contribution is 1.34. The zero-order valence-electron chi connectivity index (χ0n) is 1.64. The van der Waals surface area contributed by atoms with Crippen molar-refractivity contribution in [3.05, 3.63) is 10.1 Å². The summed E-state index contributed by atoms with van der Waals surface area (Å²) in [5.74, 6) is 0. The van der Waals surface area contributed by atoms with Gasteiger partial charge in [0.2, 0.25) is 0 Å². The van der Waals surface area contributed by atoms with E-state index in [-0.39, 0.29) is 24.0 Å². The molecule has 0 bridgehead atoms. The van der Waals surface area contributed by atoms with Gasteiger partial charge in [0.05, 0.1) is 0 Å². The Hall–Kier alpha value is 0.130. The quantitative estimate of drug-likeness (QED) is 0.313. The summed E-state index contributed by atoms with van der Waals surface area (Å²) in [6.07, 6.45) is 0. The summed E-state index contributed by atoms with van der Waals surface area (Å²) in [7, 11) is 0. The monoisotopic (exact) mass is 173 g/mol. The molecule has 0 saturated heterocycles. The van der Waals surface area contributed by atoms with Crippen molar-refractivity contribution >= 4 is 24.0 Å². The SMILES string of the molecule is O=N[O-].[I]. The molecule has 0 aliphatic rings. The van der Waals surface area contributed by atoms with Crippen LogP contribution in [0.1, 0.15) is 0 Å². The Balaban J connectivity index is 0. The Morgan fingerprint density at radius 3 is 1.75 bits per heavy atom. The molecule has 0 aromatic rings. The van der Waals surface area contributed by atoms with E-state index in [1.165, 1.54) is 0 Å². The predicted molar refractivity (Wildman–Crippen MR) is 23.2 cm³/mol. The van der Waals surface area contributed by atoms with Crippen LogP contribution in [-0.2, 0) is 0 Å². The summed E-state index contributed by atoms with van der Waals surface area (Å²) in [5.41, 5.74) is 0. The molecule has 0 aromatic carbocycles. The number of hydrogen-bond donors (Lipinski definition) is 0. The Labute approximate surface area is 40.0 Å². The maximum absolute atomic E-state index is 8.00.